The zero-order chi connectivity index (χ0) is 21.0. The molecule has 0 heterocycles. The molecule has 1 nitrogen and oxygen atoms in total. The molecular weight excluding hydrogens is 382 g/mol. The molecule has 0 saturated heterocycles. The highest BCUT2D eigenvalue weighted by Crippen LogP contribution is 2.38. The van der Waals surface area contributed by atoms with Crippen molar-refractivity contribution >= 4 is 23.1 Å². The van der Waals surface area contributed by atoms with Crippen LogP contribution in [0.2, 0.25) is 0 Å². The standard InChI is InChI=1S/C28H37NS/c1-2-3-4-5-6-9-23-12-17-25(18-13-23)26-19-14-24(15-20-26)16-21-27-10-7-8-11-28(27)29-22-30/h7-8,10-11,14-15,19-20,23,25H,2-6,9,12-13,16-18,21H2,1H3/t23-,25-. The van der Waals surface area contributed by atoms with E-state index < -0.39 is 0 Å². The summed E-state index contributed by atoms with van der Waals surface area (Å²) in [6.45, 7) is 2.30. The van der Waals surface area contributed by atoms with Crippen molar-refractivity contribution in [3.63, 3.8) is 0 Å². The predicted octanol–water partition coefficient (Wildman–Crippen LogP) is 8.84. The number of benzene rings is 2. The molecule has 1 fully saturated rings. The smallest absolute Gasteiger partial charge is 0.0771 e. The molecular formula is C28H37NS. The lowest BCUT2D eigenvalue weighted by Crippen LogP contribution is -2.13. The first-order chi connectivity index (χ1) is 14.8. The predicted molar refractivity (Wildman–Crippen MR) is 133 cm³/mol. The highest BCUT2D eigenvalue weighted by Gasteiger charge is 2.22. The molecule has 0 bridgehead atoms. The van der Waals surface area contributed by atoms with E-state index in [-0.39, 0.29) is 0 Å². The van der Waals surface area contributed by atoms with Crippen molar-refractivity contribution in [3.8, 4) is 0 Å². The van der Waals surface area contributed by atoms with Gasteiger partial charge in [0.2, 0.25) is 0 Å². The van der Waals surface area contributed by atoms with Crippen LogP contribution in [0.25, 0.3) is 0 Å². The van der Waals surface area contributed by atoms with E-state index in [0.717, 1.165) is 30.4 Å². The Morgan fingerprint density at radius 1 is 0.867 bits per heavy atom. The Morgan fingerprint density at radius 3 is 2.33 bits per heavy atom. The van der Waals surface area contributed by atoms with Crippen LogP contribution in [0.5, 0.6) is 0 Å². The summed E-state index contributed by atoms with van der Waals surface area (Å²) in [5.41, 5.74) is 5.14. The summed E-state index contributed by atoms with van der Waals surface area (Å²) in [6.07, 6.45) is 16.2. The SMILES string of the molecule is CCCCCCC[C@H]1CC[C@H](c2ccc(CCc3ccccc3N=C=S)cc2)CC1. The van der Waals surface area contributed by atoms with Crippen LogP contribution in [-0.4, -0.2) is 5.16 Å². The lowest BCUT2D eigenvalue weighted by atomic mass is 9.77. The molecule has 0 radical (unpaired) electrons. The van der Waals surface area contributed by atoms with E-state index in [0.29, 0.717) is 0 Å². The van der Waals surface area contributed by atoms with Crippen LogP contribution in [0.4, 0.5) is 5.69 Å². The molecule has 0 unspecified atom stereocenters. The first-order valence-electron chi connectivity index (χ1n) is 12.0. The fraction of sp³-hybridized carbons (Fsp3) is 0.536. The zero-order valence-corrected chi connectivity index (χ0v) is 19.4. The van der Waals surface area contributed by atoms with E-state index in [1.54, 1.807) is 5.56 Å². The lowest BCUT2D eigenvalue weighted by molar-refractivity contribution is 0.302. The molecule has 2 aromatic carbocycles. The van der Waals surface area contributed by atoms with Crippen molar-refractivity contribution in [2.45, 2.75) is 89.9 Å². The van der Waals surface area contributed by atoms with Gasteiger partial charge in [0.25, 0.3) is 0 Å². The van der Waals surface area contributed by atoms with Gasteiger partial charge in [0.1, 0.15) is 0 Å². The second-order valence-corrected chi connectivity index (χ2v) is 9.18. The minimum atomic E-state index is 0.771. The summed E-state index contributed by atoms with van der Waals surface area (Å²) >= 11 is 4.77. The van der Waals surface area contributed by atoms with Crippen LogP contribution >= 0.6 is 12.2 Å². The maximum absolute atomic E-state index is 4.77. The Morgan fingerprint density at radius 2 is 1.60 bits per heavy atom. The number of rotatable bonds is 11. The molecule has 1 aliphatic rings. The molecule has 0 spiro atoms. The summed E-state index contributed by atoms with van der Waals surface area (Å²) in [4.78, 5) is 4.20. The average Bonchev–Trinajstić information content (AvgIpc) is 2.79. The third kappa shape index (κ3) is 7.18. The number of hydrogen-bond acceptors (Lipinski definition) is 2. The third-order valence-corrected chi connectivity index (χ3v) is 6.95. The number of unbranched alkanes of at least 4 members (excludes halogenated alkanes) is 4. The number of nitrogens with zero attached hydrogens (tertiary/aromatic N) is 1. The Kier molecular flexibility index (Phi) is 9.80. The van der Waals surface area contributed by atoms with Crippen LogP contribution in [0.3, 0.4) is 0 Å². The van der Waals surface area contributed by atoms with E-state index in [9.17, 15) is 0 Å². The van der Waals surface area contributed by atoms with Gasteiger partial charge in [-0.1, -0.05) is 87.9 Å². The van der Waals surface area contributed by atoms with Crippen molar-refractivity contribution in [2.24, 2.45) is 10.9 Å². The van der Waals surface area contributed by atoms with Crippen molar-refractivity contribution in [1.82, 2.24) is 0 Å². The van der Waals surface area contributed by atoms with Crippen LogP contribution in [0.15, 0.2) is 53.5 Å². The molecule has 0 aliphatic heterocycles. The van der Waals surface area contributed by atoms with Gasteiger partial charge in [-0.15, -0.1) is 0 Å². The van der Waals surface area contributed by atoms with Crippen LogP contribution in [0, 0.1) is 5.92 Å². The van der Waals surface area contributed by atoms with E-state index in [4.69, 9.17) is 12.2 Å². The highest BCUT2D eigenvalue weighted by atomic mass is 32.1. The van der Waals surface area contributed by atoms with Gasteiger partial charge in [-0.2, -0.15) is 4.99 Å². The number of hydrogen-bond donors (Lipinski definition) is 0. The van der Waals surface area contributed by atoms with Gasteiger partial charge in [0.15, 0.2) is 0 Å². The van der Waals surface area contributed by atoms with Gasteiger partial charge in [0, 0.05) is 0 Å². The Bertz CT molecular complexity index is 796. The molecule has 1 aliphatic carbocycles. The Labute approximate surface area is 189 Å². The van der Waals surface area contributed by atoms with E-state index >= 15 is 0 Å². The number of aliphatic imine (C=N–C) groups is 1. The van der Waals surface area contributed by atoms with Crippen LogP contribution in [0.1, 0.15) is 93.7 Å². The minimum absolute atomic E-state index is 0.771. The average molecular weight is 420 g/mol. The summed E-state index contributed by atoms with van der Waals surface area (Å²) < 4.78 is 0. The summed E-state index contributed by atoms with van der Waals surface area (Å²) in [7, 11) is 0. The normalized spacial score (nSPS) is 18.7. The fourth-order valence-electron chi connectivity index (χ4n) is 4.94. The number of thiocarbonyl (C=S) groups is 1. The van der Waals surface area contributed by atoms with Gasteiger partial charge in [-0.05, 0) is 85.3 Å². The Balaban J connectivity index is 1.43. The van der Waals surface area contributed by atoms with Crippen LogP contribution < -0.4 is 0 Å². The topological polar surface area (TPSA) is 12.4 Å². The molecule has 30 heavy (non-hydrogen) atoms. The molecule has 2 aromatic rings. The molecule has 0 amide bonds. The summed E-state index contributed by atoms with van der Waals surface area (Å²) in [5.74, 6) is 1.75. The number of aryl methyl sites for hydroxylation is 2. The quantitative estimate of drug-likeness (QED) is 0.201. The summed E-state index contributed by atoms with van der Waals surface area (Å²) in [6, 6.07) is 17.7. The third-order valence-electron chi connectivity index (χ3n) is 6.85. The van der Waals surface area contributed by atoms with E-state index in [1.165, 1.54) is 75.3 Å². The largest absolute Gasteiger partial charge is 0.194 e. The van der Waals surface area contributed by atoms with Crippen molar-refractivity contribution in [2.75, 3.05) is 0 Å². The van der Waals surface area contributed by atoms with Crippen molar-refractivity contribution in [1.29, 1.82) is 0 Å². The van der Waals surface area contributed by atoms with Gasteiger partial charge in [-0.25, -0.2) is 0 Å². The zero-order valence-electron chi connectivity index (χ0n) is 18.6. The van der Waals surface area contributed by atoms with Gasteiger partial charge in [0.05, 0.1) is 10.8 Å². The van der Waals surface area contributed by atoms with Crippen molar-refractivity contribution in [3.05, 3.63) is 65.2 Å². The maximum atomic E-state index is 4.77. The van der Waals surface area contributed by atoms with E-state index in [1.807, 2.05) is 12.1 Å². The lowest BCUT2D eigenvalue weighted by Gasteiger charge is -2.29. The fourth-order valence-corrected chi connectivity index (χ4v) is 5.04. The molecule has 0 aromatic heterocycles. The second kappa shape index (κ2) is 12.8. The van der Waals surface area contributed by atoms with Gasteiger partial charge < -0.3 is 0 Å². The monoisotopic (exact) mass is 419 g/mol. The minimum Gasteiger partial charge on any atom is -0.194 e. The van der Waals surface area contributed by atoms with Crippen LogP contribution in [-0.2, 0) is 12.8 Å². The molecule has 3 rings (SSSR count). The molecule has 160 valence electrons. The first-order valence-corrected chi connectivity index (χ1v) is 12.5. The molecule has 0 N–H and O–H groups in total. The highest BCUT2D eigenvalue weighted by molar-refractivity contribution is 7.78. The number of para-hydroxylation sites is 1. The maximum Gasteiger partial charge on any atom is 0.0771 e. The number of isothiocyanates is 1. The van der Waals surface area contributed by atoms with Crippen molar-refractivity contribution < 1.29 is 0 Å². The van der Waals surface area contributed by atoms with Gasteiger partial charge in [-0.3, -0.25) is 0 Å². The van der Waals surface area contributed by atoms with Gasteiger partial charge >= 0.3 is 0 Å². The van der Waals surface area contributed by atoms with E-state index in [2.05, 4.69) is 53.5 Å². The first kappa shape index (κ1) is 22.9. The molecule has 0 atom stereocenters. The molecule has 2 heteroatoms. The Hall–Kier alpha value is -1.76. The molecule has 1 saturated carbocycles. The summed E-state index contributed by atoms with van der Waals surface area (Å²) in [5, 5.41) is 2.50. The second-order valence-electron chi connectivity index (χ2n) is 8.99.